The highest BCUT2D eigenvalue weighted by Crippen LogP contribution is 2.47. The van der Waals surface area contributed by atoms with Crippen LogP contribution >= 0.6 is 0 Å². The van der Waals surface area contributed by atoms with Crippen molar-refractivity contribution >= 4 is 11.6 Å². The predicted molar refractivity (Wildman–Crippen MR) is 87.8 cm³/mol. The van der Waals surface area contributed by atoms with E-state index in [9.17, 15) is 9.90 Å². The normalized spacial score (nSPS) is 29.6. The van der Waals surface area contributed by atoms with Gasteiger partial charge in [-0.05, 0) is 17.5 Å². The van der Waals surface area contributed by atoms with Gasteiger partial charge in [0.1, 0.15) is 0 Å². The van der Waals surface area contributed by atoms with Crippen LogP contribution in [0.15, 0.2) is 65.8 Å². The minimum Gasteiger partial charge on any atom is -0.385 e. The number of carbonyl (C=O) groups is 1. The van der Waals surface area contributed by atoms with Gasteiger partial charge >= 0.3 is 0 Å². The Morgan fingerprint density at radius 2 is 1.70 bits per heavy atom. The van der Waals surface area contributed by atoms with Crippen molar-refractivity contribution in [1.29, 1.82) is 0 Å². The van der Waals surface area contributed by atoms with Crippen molar-refractivity contribution in [3.8, 4) is 0 Å². The molecule has 1 fully saturated rings. The molecule has 1 saturated carbocycles. The number of hydrogen-bond acceptors (Lipinski definition) is 3. The van der Waals surface area contributed by atoms with E-state index in [1.807, 2.05) is 60.7 Å². The molecule has 23 heavy (non-hydrogen) atoms. The highest BCUT2D eigenvalue weighted by atomic mass is 16.3. The second-order valence-electron chi connectivity index (χ2n) is 6.35. The number of nitrogens with one attached hydrogen (secondary N) is 1. The molecule has 4 nitrogen and oxygen atoms in total. The zero-order valence-corrected chi connectivity index (χ0v) is 12.6. The lowest BCUT2D eigenvalue weighted by molar-refractivity contribution is -0.123. The van der Waals surface area contributed by atoms with Crippen LogP contribution in [-0.4, -0.2) is 16.7 Å². The first-order chi connectivity index (χ1) is 11.2. The minimum absolute atomic E-state index is 0.0658. The summed E-state index contributed by atoms with van der Waals surface area (Å²) in [6.07, 6.45) is 0.905. The Bertz CT molecular complexity index is 757. The Labute approximate surface area is 134 Å². The van der Waals surface area contributed by atoms with Gasteiger partial charge in [0.15, 0.2) is 0 Å². The smallest absolute Gasteiger partial charge is 0.249 e. The number of nitrogens with zero attached hydrogens (tertiary/aromatic N) is 1. The van der Waals surface area contributed by atoms with Crippen LogP contribution in [0, 0.1) is 5.92 Å². The lowest BCUT2D eigenvalue weighted by atomic mass is 9.66. The van der Waals surface area contributed by atoms with Crippen molar-refractivity contribution < 1.29 is 9.90 Å². The third-order valence-corrected chi connectivity index (χ3v) is 4.92. The van der Waals surface area contributed by atoms with Crippen LogP contribution in [0.3, 0.4) is 0 Å². The number of hydrazone groups is 1. The van der Waals surface area contributed by atoms with Crippen molar-refractivity contribution in [2.24, 2.45) is 11.0 Å². The van der Waals surface area contributed by atoms with Crippen molar-refractivity contribution in [1.82, 2.24) is 5.43 Å². The average Bonchev–Trinajstić information content (AvgIpc) is 2.96. The summed E-state index contributed by atoms with van der Waals surface area (Å²) in [6.45, 7) is 0. The summed E-state index contributed by atoms with van der Waals surface area (Å²) in [5.41, 5.74) is 4.29. The van der Waals surface area contributed by atoms with Crippen molar-refractivity contribution in [3.05, 3.63) is 71.8 Å². The Kier molecular flexibility index (Phi) is 3.27. The first kappa shape index (κ1) is 14.2. The molecule has 0 saturated heterocycles. The summed E-state index contributed by atoms with van der Waals surface area (Å²) in [7, 11) is 0. The molecule has 1 heterocycles. The van der Waals surface area contributed by atoms with Crippen LogP contribution in [0.2, 0.25) is 0 Å². The highest BCUT2D eigenvalue weighted by Gasteiger charge is 2.49. The van der Waals surface area contributed by atoms with Gasteiger partial charge in [0.2, 0.25) is 5.91 Å². The fourth-order valence-electron chi connectivity index (χ4n) is 3.81. The summed E-state index contributed by atoms with van der Waals surface area (Å²) in [5.74, 6) is -0.415. The van der Waals surface area contributed by atoms with Crippen molar-refractivity contribution in [2.75, 3.05) is 0 Å². The van der Waals surface area contributed by atoms with Crippen LogP contribution in [0.5, 0.6) is 0 Å². The molecule has 0 unspecified atom stereocenters. The molecule has 1 amide bonds. The van der Waals surface area contributed by atoms with Crippen LogP contribution in [0.1, 0.15) is 29.9 Å². The molecule has 1 aliphatic carbocycles. The van der Waals surface area contributed by atoms with Gasteiger partial charge in [0.25, 0.3) is 0 Å². The van der Waals surface area contributed by atoms with E-state index in [4.69, 9.17) is 0 Å². The van der Waals surface area contributed by atoms with E-state index < -0.39 is 5.60 Å². The number of carbonyl (C=O) groups excluding carboxylic acids is 1. The maximum absolute atomic E-state index is 12.2. The molecule has 2 aliphatic rings. The molecule has 116 valence electrons. The third-order valence-electron chi connectivity index (χ3n) is 4.92. The zero-order chi connectivity index (χ0) is 15.9. The number of fused-ring (bicyclic) bond motifs is 1. The lowest BCUT2D eigenvalue weighted by Gasteiger charge is -2.40. The molecule has 0 bridgehead atoms. The first-order valence-electron chi connectivity index (χ1n) is 7.86. The Morgan fingerprint density at radius 1 is 1.04 bits per heavy atom. The monoisotopic (exact) mass is 306 g/mol. The Morgan fingerprint density at radius 3 is 2.39 bits per heavy atom. The Balaban J connectivity index is 1.78. The fourth-order valence-corrected chi connectivity index (χ4v) is 3.81. The van der Waals surface area contributed by atoms with Gasteiger partial charge in [-0.1, -0.05) is 60.7 Å². The van der Waals surface area contributed by atoms with Gasteiger partial charge in [-0.2, -0.15) is 5.10 Å². The van der Waals surface area contributed by atoms with Gasteiger partial charge in [-0.25, -0.2) is 5.43 Å². The van der Waals surface area contributed by atoms with Crippen LogP contribution in [0.25, 0.3) is 0 Å². The van der Waals surface area contributed by atoms with Crippen LogP contribution in [-0.2, 0) is 10.4 Å². The van der Waals surface area contributed by atoms with Gasteiger partial charge in [0.05, 0.1) is 17.2 Å². The van der Waals surface area contributed by atoms with E-state index in [1.165, 1.54) is 0 Å². The topological polar surface area (TPSA) is 61.7 Å². The molecule has 2 N–H and O–H groups in total. The maximum atomic E-state index is 12.2. The molecular weight excluding hydrogens is 288 g/mol. The molecule has 0 radical (unpaired) electrons. The maximum Gasteiger partial charge on any atom is 0.249 e. The van der Waals surface area contributed by atoms with Crippen LogP contribution in [0.4, 0.5) is 0 Å². The number of benzene rings is 2. The second-order valence-corrected chi connectivity index (χ2v) is 6.35. The van der Waals surface area contributed by atoms with Gasteiger partial charge in [-0.3, -0.25) is 4.79 Å². The summed E-state index contributed by atoms with van der Waals surface area (Å²) in [5, 5.41) is 15.5. The van der Waals surface area contributed by atoms with E-state index in [0.717, 1.165) is 16.8 Å². The van der Waals surface area contributed by atoms with Gasteiger partial charge < -0.3 is 5.11 Å². The minimum atomic E-state index is -0.997. The summed E-state index contributed by atoms with van der Waals surface area (Å²) in [6, 6.07) is 19.6. The van der Waals surface area contributed by atoms with Crippen LogP contribution < -0.4 is 5.43 Å². The molecule has 3 atom stereocenters. The van der Waals surface area contributed by atoms with E-state index in [1.54, 1.807) is 0 Å². The fraction of sp³-hybridized carbons (Fsp3) is 0.263. The summed E-state index contributed by atoms with van der Waals surface area (Å²) >= 11 is 0. The molecule has 0 aromatic heterocycles. The van der Waals surface area contributed by atoms with E-state index in [0.29, 0.717) is 12.8 Å². The van der Waals surface area contributed by atoms with Gasteiger partial charge in [-0.15, -0.1) is 0 Å². The van der Waals surface area contributed by atoms with E-state index >= 15 is 0 Å². The van der Waals surface area contributed by atoms with E-state index in [2.05, 4.69) is 10.5 Å². The summed E-state index contributed by atoms with van der Waals surface area (Å²) < 4.78 is 0. The number of rotatable bonds is 2. The Hall–Kier alpha value is -2.46. The molecular formula is C19H18N2O2. The number of hydrogen-bond donors (Lipinski definition) is 2. The van der Waals surface area contributed by atoms with Crippen molar-refractivity contribution in [3.63, 3.8) is 0 Å². The van der Waals surface area contributed by atoms with Gasteiger partial charge in [0, 0.05) is 12.3 Å². The molecule has 0 spiro atoms. The zero-order valence-electron chi connectivity index (χ0n) is 12.6. The third kappa shape index (κ3) is 2.35. The molecule has 4 rings (SSSR count). The van der Waals surface area contributed by atoms with Crippen molar-refractivity contribution in [2.45, 2.75) is 24.4 Å². The average molecular weight is 306 g/mol. The highest BCUT2D eigenvalue weighted by molar-refractivity contribution is 6.09. The largest absolute Gasteiger partial charge is 0.385 e. The SMILES string of the molecule is O=C1NN=C2C[C@@](O)(c3ccccc3)C[C@@H](c3ccccc3)[C@H]12. The van der Waals surface area contributed by atoms with E-state index in [-0.39, 0.29) is 17.7 Å². The summed E-state index contributed by atoms with van der Waals surface area (Å²) in [4.78, 5) is 12.2. The number of aliphatic hydroxyl groups is 1. The standard InChI is InChI=1S/C19H18N2O2/c22-18-17-15(13-7-3-1-4-8-13)11-19(23,12-16(17)20-21-18)14-9-5-2-6-10-14/h1-10,15,17,23H,11-12H2,(H,21,22)/t15-,17-,19+/m0/s1. The number of amides is 1. The predicted octanol–water partition coefficient (Wildman–Crippen LogP) is 2.55. The molecule has 4 heteroatoms. The first-order valence-corrected chi connectivity index (χ1v) is 7.86. The molecule has 2 aromatic carbocycles. The molecule has 2 aromatic rings. The molecule has 1 aliphatic heterocycles. The second kappa shape index (κ2) is 5.32. The lowest BCUT2D eigenvalue weighted by Crippen LogP contribution is -2.43. The quantitative estimate of drug-likeness (QED) is 0.895.